The molecule has 1 aliphatic heterocycles. The molecular weight excluding hydrogens is 428 g/mol. The summed E-state index contributed by atoms with van der Waals surface area (Å²) in [4.78, 5) is 38.3. The van der Waals surface area contributed by atoms with Gasteiger partial charge in [0.2, 0.25) is 0 Å². The van der Waals surface area contributed by atoms with Crippen LogP contribution in [0.15, 0.2) is 44.0 Å². The molecule has 168 valence electrons. The topological polar surface area (TPSA) is 82.8 Å². The van der Waals surface area contributed by atoms with Crippen LogP contribution in [0.5, 0.6) is 5.75 Å². The third-order valence-corrected chi connectivity index (χ3v) is 7.33. The molecule has 6 nitrogen and oxygen atoms in total. The van der Waals surface area contributed by atoms with E-state index in [1.54, 1.807) is 6.07 Å². The average molecular weight is 455 g/mol. The molecule has 0 N–H and O–H groups in total. The molecule has 0 fully saturated rings. The smallest absolute Gasteiger partial charge is 0.396 e. The molecule has 2 heterocycles. The minimum absolute atomic E-state index is 0.00452. The number of carbonyl (C=O) groups excluding carboxylic acids is 2. The first-order valence-electron chi connectivity index (χ1n) is 10.8. The van der Waals surface area contributed by atoms with Crippen molar-refractivity contribution in [3.63, 3.8) is 0 Å². The van der Waals surface area contributed by atoms with Gasteiger partial charge in [0.05, 0.1) is 11.8 Å². The van der Waals surface area contributed by atoms with E-state index in [9.17, 15) is 14.4 Å². The molecule has 1 aromatic heterocycles. The van der Waals surface area contributed by atoms with Gasteiger partial charge < -0.3 is 13.9 Å². The monoisotopic (exact) mass is 454 g/mol. The minimum Gasteiger partial charge on any atom is -0.493 e. The molecular formula is C25H26O6S. The number of rotatable bonds is 2. The molecule has 0 radical (unpaired) electrons. The number of allylic oxidation sites excluding steroid dienone is 4. The second kappa shape index (κ2) is 6.91. The second-order valence-corrected chi connectivity index (χ2v) is 11.6. The first-order chi connectivity index (χ1) is 15.0. The van der Waals surface area contributed by atoms with Crippen molar-refractivity contribution in [1.29, 1.82) is 0 Å². The van der Waals surface area contributed by atoms with Crippen molar-refractivity contribution >= 4 is 33.2 Å². The number of methoxy groups -OCH3 is 1. The fourth-order valence-corrected chi connectivity index (χ4v) is 6.03. The molecule has 0 unspecified atom stereocenters. The van der Waals surface area contributed by atoms with Crippen LogP contribution >= 0.6 is 11.3 Å². The van der Waals surface area contributed by atoms with Crippen molar-refractivity contribution in [3.05, 3.63) is 50.1 Å². The molecule has 2 aromatic rings. The van der Waals surface area contributed by atoms with E-state index >= 15 is 0 Å². The fourth-order valence-electron chi connectivity index (χ4n) is 5.29. The number of carbonyl (C=O) groups is 2. The number of benzene rings is 1. The van der Waals surface area contributed by atoms with Crippen LogP contribution in [0.25, 0.3) is 10.3 Å². The van der Waals surface area contributed by atoms with Crippen molar-refractivity contribution in [2.24, 2.45) is 10.8 Å². The lowest BCUT2D eigenvalue weighted by Crippen LogP contribution is -2.37. The lowest BCUT2D eigenvalue weighted by atomic mass is 9.65. The molecule has 0 amide bonds. The molecule has 0 atom stereocenters. The highest BCUT2D eigenvalue weighted by atomic mass is 32.1. The van der Waals surface area contributed by atoms with Crippen molar-refractivity contribution in [1.82, 2.24) is 0 Å². The average Bonchev–Trinajstić information content (AvgIpc) is 3.03. The summed E-state index contributed by atoms with van der Waals surface area (Å²) in [7, 11) is 1.51. The Kier molecular flexibility index (Phi) is 4.58. The van der Waals surface area contributed by atoms with E-state index in [1.165, 1.54) is 7.11 Å². The van der Waals surface area contributed by atoms with Gasteiger partial charge in [0.25, 0.3) is 0 Å². The van der Waals surface area contributed by atoms with E-state index in [1.807, 2.05) is 6.07 Å². The Morgan fingerprint density at radius 3 is 2.00 bits per heavy atom. The van der Waals surface area contributed by atoms with Crippen LogP contribution in [0.3, 0.4) is 0 Å². The zero-order valence-corrected chi connectivity index (χ0v) is 19.7. The first-order valence-corrected chi connectivity index (χ1v) is 11.6. The van der Waals surface area contributed by atoms with E-state index in [-0.39, 0.29) is 22.4 Å². The van der Waals surface area contributed by atoms with E-state index < -0.39 is 10.9 Å². The molecule has 0 bridgehead atoms. The summed E-state index contributed by atoms with van der Waals surface area (Å²) < 4.78 is 17.8. The molecule has 5 rings (SSSR count). The fraction of sp³-hybridized carbons (Fsp3) is 0.480. The van der Waals surface area contributed by atoms with Crippen molar-refractivity contribution in [3.8, 4) is 5.75 Å². The number of fused-ring (bicyclic) bond motifs is 1. The Bertz CT molecular complexity index is 1250. The molecule has 3 aliphatic rings. The maximum Gasteiger partial charge on any atom is 0.396 e. The van der Waals surface area contributed by atoms with Crippen LogP contribution in [-0.2, 0) is 14.3 Å². The third-order valence-electron chi connectivity index (χ3n) is 6.56. The van der Waals surface area contributed by atoms with Crippen molar-refractivity contribution in [2.75, 3.05) is 7.11 Å². The van der Waals surface area contributed by atoms with Crippen LogP contribution in [0.2, 0.25) is 0 Å². The van der Waals surface area contributed by atoms with Gasteiger partial charge in [-0.3, -0.25) is 9.59 Å². The van der Waals surface area contributed by atoms with E-state index in [4.69, 9.17) is 13.9 Å². The minimum atomic E-state index is -0.531. The molecule has 0 saturated heterocycles. The van der Waals surface area contributed by atoms with Gasteiger partial charge in [-0.1, -0.05) is 39.0 Å². The lowest BCUT2D eigenvalue weighted by Gasteiger charge is -2.42. The predicted molar refractivity (Wildman–Crippen MR) is 121 cm³/mol. The second-order valence-electron chi connectivity index (χ2n) is 10.6. The maximum atomic E-state index is 13.4. The summed E-state index contributed by atoms with van der Waals surface area (Å²) in [5.74, 6) is 1.23. The SMILES string of the molecule is COc1cc(C2C3=C(CC(C)(C)CC3=O)OC3=C2C(=O)CC(C)(C)C3)cc2sc(=O)oc12. The number of hydrogen-bond donors (Lipinski definition) is 0. The molecule has 7 heteroatoms. The quantitative estimate of drug-likeness (QED) is 0.615. The molecule has 1 aromatic carbocycles. The van der Waals surface area contributed by atoms with Crippen LogP contribution in [0.1, 0.15) is 64.9 Å². The van der Waals surface area contributed by atoms with Gasteiger partial charge in [0.15, 0.2) is 22.9 Å². The summed E-state index contributed by atoms with van der Waals surface area (Å²) in [5.41, 5.74) is 1.84. The Balaban J connectivity index is 1.77. The summed E-state index contributed by atoms with van der Waals surface area (Å²) in [6.07, 6.45) is 2.06. The van der Waals surface area contributed by atoms with Crippen molar-refractivity contribution < 1.29 is 23.5 Å². The van der Waals surface area contributed by atoms with Crippen LogP contribution < -0.4 is 9.68 Å². The highest BCUT2D eigenvalue weighted by molar-refractivity contribution is 7.16. The number of ketones is 2. The predicted octanol–water partition coefficient (Wildman–Crippen LogP) is 5.26. The summed E-state index contributed by atoms with van der Waals surface area (Å²) >= 11 is 0.984. The normalized spacial score (nSPS) is 22.7. The molecule has 2 aliphatic carbocycles. The van der Waals surface area contributed by atoms with Gasteiger partial charge in [-0.15, -0.1) is 0 Å². The maximum absolute atomic E-state index is 13.4. The Hall–Kier alpha value is -2.67. The summed E-state index contributed by atoms with van der Waals surface area (Å²) in [6, 6.07) is 3.63. The summed E-state index contributed by atoms with van der Waals surface area (Å²) in [6.45, 7) is 8.24. The van der Waals surface area contributed by atoms with Gasteiger partial charge in [0, 0.05) is 42.7 Å². The zero-order valence-electron chi connectivity index (χ0n) is 18.9. The highest BCUT2D eigenvalue weighted by Crippen LogP contribution is 2.53. The van der Waals surface area contributed by atoms with E-state index in [0.717, 1.165) is 16.9 Å². The Labute approximate surface area is 189 Å². The molecule has 0 saturated carbocycles. The largest absolute Gasteiger partial charge is 0.493 e. The Morgan fingerprint density at radius 2 is 1.47 bits per heavy atom. The van der Waals surface area contributed by atoms with Gasteiger partial charge in [-0.25, -0.2) is 4.79 Å². The molecule has 32 heavy (non-hydrogen) atoms. The van der Waals surface area contributed by atoms with Gasteiger partial charge in [0.1, 0.15) is 11.5 Å². The van der Waals surface area contributed by atoms with Crippen LogP contribution in [0.4, 0.5) is 0 Å². The van der Waals surface area contributed by atoms with Gasteiger partial charge in [-0.05, 0) is 28.5 Å². The van der Waals surface area contributed by atoms with Gasteiger partial charge >= 0.3 is 4.94 Å². The van der Waals surface area contributed by atoms with Crippen molar-refractivity contribution in [2.45, 2.75) is 59.3 Å². The number of ether oxygens (including phenoxy) is 2. The number of hydrogen-bond acceptors (Lipinski definition) is 7. The molecule has 0 spiro atoms. The summed E-state index contributed by atoms with van der Waals surface area (Å²) in [5, 5.41) is 0. The van der Waals surface area contributed by atoms with E-state index in [0.29, 0.717) is 64.4 Å². The standard InChI is InChI=1S/C25H26O6S/c1-24(2)8-13(26)20-16(10-24)30-17-11-25(3,4)9-14(27)21(17)19(20)12-6-15(29-5)22-18(7-12)32-23(28)31-22/h6-7,19H,8-11H2,1-5H3. The zero-order chi connectivity index (χ0) is 23.0. The van der Waals surface area contributed by atoms with Gasteiger partial charge in [-0.2, -0.15) is 0 Å². The van der Waals surface area contributed by atoms with E-state index in [2.05, 4.69) is 27.7 Å². The van der Waals surface area contributed by atoms with Crippen LogP contribution in [0, 0.1) is 10.8 Å². The highest BCUT2D eigenvalue weighted by Gasteiger charge is 2.48. The number of Topliss-reactive ketones (excluding diaryl/α,β-unsaturated/α-hetero) is 2. The lowest BCUT2D eigenvalue weighted by molar-refractivity contribution is -0.120. The first kappa shape index (κ1) is 21.2. The third kappa shape index (κ3) is 3.34. The van der Waals surface area contributed by atoms with Crippen LogP contribution in [-0.4, -0.2) is 18.7 Å². The Morgan fingerprint density at radius 1 is 0.906 bits per heavy atom.